The lowest BCUT2D eigenvalue weighted by Gasteiger charge is -2.24. The lowest BCUT2D eigenvalue weighted by atomic mass is 10.2. The van der Waals surface area contributed by atoms with Gasteiger partial charge in [0.2, 0.25) is 5.91 Å². The van der Waals surface area contributed by atoms with Crippen LogP contribution in [0.4, 0.5) is 0 Å². The van der Waals surface area contributed by atoms with E-state index in [1.54, 1.807) is 6.07 Å². The Labute approximate surface area is 133 Å². The van der Waals surface area contributed by atoms with Crippen molar-refractivity contribution in [2.24, 2.45) is 7.05 Å². The fraction of sp³-hybridized carbons (Fsp3) is 0.353. The highest BCUT2D eigenvalue weighted by Crippen LogP contribution is 2.33. The Kier molecular flexibility index (Phi) is 3.37. The van der Waals surface area contributed by atoms with Crippen molar-refractivity contribution < 1.29 is 9.32 Å². The number of benzene rings is 1. The molecule has 0 N–H and O–H groups in total. The first-order chi connectivity index (χ1) is 11.2. The predicted octanol–water partition coefficient (Wildman–Crippen LogP) is 2.47. The molecule has 3 heterocycles. The monoisotopic (exact) mass is 310 g/mol. The van der Waals surface area contributed by atoms with Crippen LogP contribution >= 0.6 is 0 Å². The van der Waals surface area contributed by atoms with Gasteiger partial charge < -0.3 is 14.0 Å². The van der Waals surface area contributed by atoms with Gasteiger partial charge in [-0.2, -0.15) is 0 Å². The van der Waals surface area contributed by atoms with E-state index in [-0.39, 0.29) is 18.4 Å². The van der Waals surface area contributed by atoms with Crippen LogP contribution in [0.1, 0.15) is 30.4 Å². The van der Waals surface area contributed by atoms with Crippen LogP contribution in [-0.4, -0.2) is 32.1 Å². The number of aromatic nitrogens is 3. The third kappa shape index (κ3) is 2.40. The number of likely N-dealkylation sites (tertiary alicyclic amines) is 1. The summed E-state index contributed by atoms with van der Waals surface area (Å²) in [6, 6.07) is 9.83. The van der Waals surface area contributed by atoms with Crippen LogP contribution in [0.2, 0.25) is 0 Å². The van der Waals surface area contributed by atoms with Gasteiger partial charge in [0.05, 0.1) is 29.2 Å². The molecule has 118 valence electrons. The Morgan fingerprint density at radius 2 is 2.22 bits per heavy atom. The molecular weight excluding hydrogens is 292 g/mol. The lowest BCUT2D eigenvalue weighted by molar-refractivity contribution is -0.131. The first-order valence-corrected chi connectivity index (χ1v) is 7.84. The average Bonchev–Trinajstić information content (AvgIpc) is 3.27. The lowest BCUT2D eigenvalue weighted by Crippen LogP contribution is -2.33. The molecule has 3 aromatic rings. The summed E-state index contributed by atoms with van der Waals surface area (Å²) in [7, 11) is 2.02. The van der Waals surface area contributed by atoms with Gasteiger partial charge in [-0.25, -0.2) is 4.98 Å². The Balaban J connectivity index is 1.64. The zero-order chi connectivity index (χ0) is 15.8. The number of para-hydroxylation sites is 2. The van der Waals surface area contributed by atoms with Crippen molar-refractivity contribution in [2.75, 3.05) is 6.54 Å². The van der Waals surface area contributed by atoms with Crippen molar-refractivity contribution in [3.8, 4) is 0 Å². The number of hydrogen-bond acceptors (Lipinski definition) is 4. The molecule has 2 aromatic heterocycles. The molecule has 0 unspecified atom stereocenters. The number of aryl methyl sites for hydroxylation is 1. The van der Waals surface area contributed by atoms with Gasteiger partial charge in [-0.1, -0.05) is 17.3 Å². The van der Waals surface area contributed by atoms with Crippen LogP contribution in [-0.2, 0) is 18.3 Å². The van der Waals surface area contributed by atoms with Crippen molar-refractivity contribution in [2.45, 2.75) is 25.3 Å². The van der Waals surface area contributed by atoms with E-state index < -0.39 is 0 Å². The molecule has 1 aliphatic heterocycles. The first-order valence-electron chi connectivity index (χ1n) is 7.84. The molecule has 0 radical (unpaired) electrons. The third-order valence-electron chi connectivity index (χ3n) is 4.52. The fourth-order valence-corrected chi connectivity index (χ4v) is 3.38. The van der Waals surface area contributed by atoms with Crippen LogP contribution in [0.25, 0.3) is 11.0 Å². The Hall–Kier alpha value is -2.63. The molecule has 1 aromatic carbocycles. The SMILES string of the molecule is Cn1c([C@H]2CCCN2C(=O)Cc2ccon2)nc2ccccc21. The summed E-state index contributed by atoms with van der Waals surface area (Å²) in [5.74, 6) is 1.03. The molecule has 6 nitrogen and oxygen atoms in total. The molecule has 0 spiro atoms. The smallest absolute Gasteiger partial charge is 0.229 e. The van der Waals surface area contributed by atoms with Gasteiger partial charge in [-0.15, -0.1) is 0 Å². The molecule has 1 fully saturated rings. The van der Waals surface area contributed by atoms with E-state index in [0.29, 0.717) is 5.69 Å². The van der Waals surface area contributed by atoms with Gasteiger partial charge in [0.25, 0.3) is 0 Å². The van der Waals surface area contributed by atoms with Crippen LogP contribution < -0.4 is 0 Å². The summed E-state index contributed by atoms with van der Waals surface area (Å²) in [4.78, 5) is 19.3. The summed E-state index contributed by atoms with van der Waals surface area (Å²) < 4.78 is 6.91. The van der Waals surface area contributed by atoms with Crippen LogP contribution in [0.15, 0.2) is 41.1 Å². The molecule has 1 saturated heterocycles. The number of carbonyl (C=O) groups excluding carboxylic acids is 1. The predicted molar refractivity (Wildman–Crippen MR) is 84.6 cm³/mol. The second kappa shape index (κ2) is 5.53. The second-order valence-electron chi connectivity index (χ2n) is 5.93. The molecule has 0 aliphatic carbocycles. The van der Waals surface area contributed by atoms with Crippen molar-refractivity contribution in [1.82, 2.24) is 19.6 Å². The normalized spacial score (nSPS) is 18.0. The van der Waals surface area contributed by atoms with Crippen molar-refractivity contribution in [1.29, 1.82) is 0 Å². The quantitative estimate of drug-likeness (QED) is 0.745. The van der Waals surface area contributed by atoms with Crippen LogP contribution in [0.5, 0.6) is 0 Å². The first kappa shape index (κ1) is 14.0. The highest BCUT2D eigenvalue weighted by atomic mass is 16.5. The minimum absolute atomic E-state index is 0.0341. The molecule has 6 heteroatoms. The maximum atomic E-state index is 12.6. The number of rotatable bonds is 3. The van der Waals surface area contributed by atoms with Gasteiger partial charge in [-0.05, 0) is 25.0 Å². The number of imidazole rings is 1. The summed E-state index contributed by atoms with van der Waals surface area (Å²) >= 11 is 0. The Morgan fingerprint density at radius 1 is 1.35 bits per heavy atom. The highest BCUT2D eigenvalue weighted by Gasteiger charge is 2.33. The molecule has 0 bridgehead atoms. The summed E-state index contributed by atoms with van der Waals surface area (Å²) in [5, 5.41) is 3.83. The summed E-state index contributed by atoms with van der Waals surface area (Å²) in [6.07, 6.45) is 3.71. The number of amides is 1. The number of carbonyl (C=O) groups is 1. The van der Waals surface area contributed by atoms with E-state index in [1.165, 1.54) is 6.26 Å². The van der Waals surface area contributed by atoms with E-state index in [1.807, 2.05) is 30.1 Å². The van der Waals surface area contributed by atoms with Gasteiger partial charge in [0, 0.05) is 19.7 Å². The van der Waals surface area contributed by atoms with E-state index in [4.69, 9.17) is 9.51 Å². The Morgan fingerprint density at radius 3 is 3.00 bits per heavy atom. The largest absolute Gasteiger partial charge is 0.364 e. The summed E-state index contributed by atoms with van der Waals surface area (Å²) in [5.41, 5.74) is 2.74. The molecular formula is C17H18N4O2. The fourth-order valence-electron chi connectivity index (χ4n) is 3.38. The molecule has 1 amide bonds. The van der Waals surface area contributed by atoms with E-state index in [0.717, 1.165) is 36.2 Å². The van der Waals surface area contributed by atoms with Crippen molar-refractivity contribution >= 4 is 16.9 Å². The number of fused-ring (bicyclic) bond motifs is 1. The Bertz CT molecular complexity index is 838. The topological polar surface area (TPSA) is 64.2 Å². The summed E-state index contributed by atoms with van der Waals surface area (Å²) in [6.45, 7) is 0.768. The maximum absolute atomic E-state index is 12.6. The van der Waals surface area contributed by atoms with Crippen LogP contribution in [0, 0.1) is 0 Å². The van der Waals surface area contributed by atoms with Gasteiger partial charge in [0.15, 0.2) is 0 Å². The van der Waals surface area contributed by atoms with Gasteiger partial charge in [-0.3, -0.25) is 4.79 Å². The standard InChI is InChI=1S/C17H18N4O2/c1-20-14-6-3-2-5-13(14)18-17(20)15-7-4-9-21(15)16(22)11-12-8-10-23-19-12/h2-3,5-6,8,10,15H,4,7,9,11H2,1H3/t15-/m1/s1. The van der Waals surface area contributed by atoms with Gasteiger partial charge in [0.1, 0.15) is 12.1 Å². The van der Waals surface area contributed by atoms with E-state index >= 15 is 0 Å². The number of hydrogen-bond donors (Lipinski definition) is 0. The van der Waals surface area contributed by atoms with Gasteiger partial charge >= 0.3 is 0 Å². The number of nitrogens with zero attached hydrogens (tertiary/aromatic N) is 4. The average molecular weight is 310 g/mol. The zero-order valence-electron chi connectivity index (χ0n) is 13.0. The maximum Gasteiger partial charge on any atom is 0.229 e. The second-order valence-corrected chi connectivity index (χ2v) is 5.93. The highest BCUT2D eigenvalue weighted by molar-refractivity contribution is 5.80. The molecule has 1 atom stereocenters. The van der Waals surface area contributed by atoms with Crippen LogP contribution in [0.3, 0.4) is 0 Å². The molecule has 4 rings (SSSR count). The van der Waals surface area contributed by atoms with Crippen molar-refractivity contribution in [3.63, 3.8) is 0 Å². The third-order valence-corrected chi connectivity index (χ3v) is 4.52. The molecule has 1 aliphatic rings. The van der Waals surface area contributed by atoms with Crippen molar-refractivity contribution in [3.05, 3.63) is 48.1 Å². The minimum atomic E-state index is 0.0341. The minimum Gasteiger partial charge on any atom is -0.364 e. The molecule has 0 saturated carbocycles. The van der Waals surface area contributed by atoms with E-state index in [9.17, 15) is 4.79 Å². The zero-order valence-corrected chi connectivity index (χ0v) is 13.0. The van der Waals surface area contributed by atoms with E-state index in [2.05, 4.69) is 15.8 Å². The molecule has 23 heavy (non-hydrogen) atoms.